The number of halogens is 1. The van der Waals surface area contributed by atoms with Crippen molar-refractivity contribution in [1.82, 2.24) is 10.6 Å². The first-order valence-electron chi connectivity index (χ1n) is 3.33. The summed E-state index contributed by atoms with van der Waals surface area (Å²) in [5, 5.41) is 6.70. The maximum Gasteiger partial charge on any atom is 0.00792 e. The highest BCUT2D eigenvalue weighted by Gasteiger charge is 2.02. The zero-order chi connectivity index (χ0) is 5.82. The Labute approximate surface area is 62.8 Å². The highest BCUT2D eigenvalue weighted by molar-refractivity contribution is 5.85. The van der Waals surface area contributed by atoms with E-state index in [1.165, 1.54) is 13.0 Å². The lowest BCUT2D eigenvalue weighted by Crippen LogP contribution is -2.26. The molecule has 2 nitrogen and oxygen atoms in total. The van der Waals surface area contributed by atoms with E-state index in [2.05, 4.69) is 17.6 Å². The molecule has 1 heterocycles. The van der Waals surface area contributed by atoms with Gasteiger partial charge in [0.25, 0.3) is 0 Å². The molecule has 0 spiro atoms. The van der Waals surface area contributed by atoms with E-state index < -0.39 is 0 Å². The minimum Gasteiger partial charge on any atom is -0.315 e. The van der Waals surface area contributed by atoms with Crippen molar-refractivity contribution in [2.75, 3.05) is 19.6 Å². The molecule has 1 fully saturated rings. The van der Waals surface area contributed by atoms with Crippen molar-refractivity contribution in [3.63, 3.8) is 0 Å². The minimum atomic E-state index is 0. The third kappa shape index (κ3) is 3.73. The second kappa shape index (κ2) is 5.03. The van der Waals surface area contributed by atoms with Crippen molar-refractivity contribution in [3.8, 4) is 0 Å². The minimum absolute atomic E-state index is 0. The van der Waals surface area contributed by atoms with Crippen LogP contribution in [-0.2, 0) is 0 Å². The Kier molecular flexibility index (Phi) is 5.15. The predicted octanol–water partition coefficient (Wildman–Crippen LogP) is 0.380. The van der Waals surface area contributed by atoms with Gasteiger partial charge in [-0.2, -0.15) is 0 Å². The monoisotopic (exact) mass is 150 g/mol. The summed E-state index contributed by atoms with van der Waals surface area (Å²) >= 11 is 0. The highest BCUT2D eigenvalue weighted by Crippen LogP contribution is 1.89. The molecule has 56 valence electrons. The van der Waals surface area contributed by atoms with Crippen LogP contribution in [0.4, 0.5) is 0 Å². The molecule has 1 unspecified atom stereocenters. The number of nitrogens with one attached hydrogen (secondary N) is 2. The average Bonchev–Trinajstić information content (AvgIpc) is 1.94. The molecule has 3 heteroatoms. The van der Waals surface area contributed by atoms with Gasteiger partial charge in [0.15, 0.2) is 0 Å². The fourth-order valence-corrected chi connectivity index (χ4v) is 0.953. The first-order valence-corrected chi connectivity index (χ1v) is 3.33. The molecule has 0 radical (unpaired) electrons. The predicted molar refractivity (Wildman–Crippen MR) is 42.2 cm³/mol. The van der Waals surface area contributed by atoms with E-state index in [0.29, 0.717) is 6.04 Å². The van der Waals surface area contributed by atoms with Gasteiger partial charge in [-0.15, -0.1) is 12.4 Å². The van der Waals surface area contributed by atoms with Crippen molar-refractivity contribution in [2.45, 2.75) is 19.4 Å². The molecule has 9 heavy (non-hydrogen) atoms. The van der Waals surface area contributed by atoms with E-state index >= 15 is 0 Å². The van der Waals surface area contributed by atoms with Crippen LogP contribution in [0.1, 0.15) is 13.3 Å². The van der Waals surface area contributed by atoms with E-state index in [1.807, 2.05) is 0 Å². The van der Waals surface area contributed by atoms with Gasteiger partial charge in [-0.1, -0.05) is 0 Å². The Balaban J connectivity index is 0.000000640. The lowest BCUT2D eigenvalue weighted by Gasteiger charge is -2.05. The summed E-state index contributed by atoms with van der Waals surface area (Å²) in [4.78, 5) is 0. The largest absolute Gasteiger partial charge is 0.315 e. The first-order chi connectivity index (χ1) is 3.89. The van der Waals surface area contributed by atoms with Crippen LogP contribution in [0.5, 0.6) is 0 Å². The van der Waals surface area contributed by atoms with Gasteiger partial charge in [-0.3, -0.25) is 0 Å². The number of rotatable bonds is 0. The van der Waals surface area contributed by atoms with E-state index in [0.717, 1.165) is 13.1 Å². The van der Waals surface area contributed by atoms with Crippen LogP contribution in [0.3, 0.4) is 0 Å². The fraction of sp³-hybridized carbons (Fsp3) is 1.00. The molecule has 0 saturated carbocycles. The first kappa shape index (κ1) is 9.21. The van der Waals surface area contributed by atoms with Gasteiger partial charge in [0.05, 0.1) is 0 Å². The maximum absolute atomic E-state index is 3.38. The van der Waals surface area contributed by atoms with Gasteiger partial charge in [0, 0.05) is 19.1 Å². The van der Waals surface area contributed by atoms with Gasteiger partial charge in [0.1, 0.15) is 0 Å². The third-order valence-electron chi connectivity index (χ3n) is 1.55. The normalized spacial score (nSPS) is 28.3. The summed E-state index contributed by atoms with van der Waals surface area (Å²) in [5.74, 6) is 0. The molecule has 1 atom stereocenters. The number of hydrogen-bond acceptors (Lipinski definition) is 2. The zero-order valence-electron chi connectivity index (χ0n) is 5.81. The standard InChI is InChI=1S/C6H14N2.ClH/c1-6-2-3-7-4-5-8-6;/h6-8H,2-5H2,1H3;1H. The maximum atomic E-state index is 3.38. The van der Waals surface area contributed by atoms with Crippen LogP contribution in [0.2, 0.25) is 0 Å². The molecular formula is C6H15ClN2. The van der Waals surface area contributed by atoms with Gasteiger partial charge < -0.3 is 10.6 Å². The summed E-state index contributed by atoms with van der Waals surface area (Å²) in [7, 11) is 0. The summed E-state index contributed by atoms with van der Waals surface area (Å²) in [6.07, 6.45) is 1.26. The SMILES string of the molecule is CC1CCNCCN1.Cl. The lowest BCUT2D eigenvalue weighted by atomic mass is 10.2. The molecule has 1 aliphatic heterocycles. The zero-order valence-corrected chi connectivity index (χ0v) is 6.63. The van der Waals surface area contributed by atoms with E-state index in [9.17, 15) is 0 Å². The van der Waals surface area contributed by atoms with Crippen molar-refractivity contribution in [2.24, 2.45) is 0 Å². The smallest absolute Gasteiger partial charge is 0.00792 e. The molecular weight excluding hydrogens is 136 g/mol. The molecule has 1 aliphatic rings. The summed E-state index contributed by atoms with van der Waals surface area (Å²) < 4.78 is 0. The second-order valence-corrected chi connectivity index (χ2v) is 2.39. The molecule has 1 rings (SSSR count). The van der Waals surface area contributed by atoms with Gasteiger partial charge >= 0.3 is 0 Å². The molecule has 0 aliphatic carbocycles. The Bertz CT molecular complexity index is 60.1. The Morgan fingerprint density at radius 2 is 2.00 bits per heavy atom. The van der Waals surface area contributed by atoms with Crippen molar-refractivity contribution in [1.29, 1.82) is 0 Å². The highest BCUT2D eigenvalue weighted by atomic mass is 35.5. The van der Waals surface area contributed by atoms with Crippen LogP contribution in [0.15, 0.2) is 0 Å². The van der Waals surface area contributed by atoms with Gasteiger partial charge in [0.2, 0.25) is 0 Å². The molecule has 0 aromatic heterocycles. The molecule has 0 aromatic carbocycles. The van der Waals surface area contributed by atoms with Crippen LogP contribution in [-0.4, -0.2) is 25.7 Å². The van der Waals surface area contributed by atoms with Crippen molar-refractivity contribution >= 4 is 12.4 Å². The van der Waals surface area contributed by atoms with Crippen LogP contribution < -0.4 is 10.6 Å². The molecule has 2 N–H and O–H groups in total. The Hall–Kier alpha value is 0.210. The summed E-state index contributed by atoms with van der Waals surface area (Å²) in [6, 6.07) is 0.713. The third-order valence-corrected chi connectivity index (χ3v) is 1.55. The van der Waals surface area contributed by atoms with E-state index in [-0.39, 0.29) is 12.4 Å². The quantitative estimate of drug-likeness (QED) is 0.522. The lowest BCUT2D eigenvalue weighted by molar-refractivity contribution is 0.565. The van der Waals surface area contributed by atoms with Crippen molar-refractivity contribution < 1.29 is 0 Å². The van der Waals surface area contributed by atoms with E-state index in [4.69, 9.17) is 0 Å². The van der Waals surface area contributed by atoms with Crippen LogP contribution in [0.25, 0.3) is 0 Å². The van der Waals surface area contributed by atoms with Gasteiger partial charge in [-0.25, -0.2) is 0 Å². The molecule has 1 saturated heterocycles. The van der Waals surface area contributed by atoms with Gasteiger partial charge in [-0.05, 0) is 19.9 Å². The van der Waals surface area contributed by atoms with E-state index in [1.54, 1.807) is 0 Å². The molecule has 0 amide bonds. The number of hydrogen-bond donors (Lipinski definition) is 2. The summed E-state index contributed by atoms with van der Waals surface area (Å²) in [6.45, 7) is 5.66. The molecule has 0 bridgehead atoms. The Morgan fingerprint density at radius 3 is 2.78 bits per heavy atom. The average molecular weight is 151 g/mol. The summed E-state index contributed by atoms with van der Waals surface area (Å²) in [5.41, 5.74) is 0. The van der Waals surface area contributed by atoms with Crippen LogP contribution in [0, 0.1) is 0 Å². The topological polar surface area (TPSA) is 24.1 Å². The second-order valence-electron chi connectivity index (χ2n) is 2.39. The molecule has 0 aromatic rings. The van der Waals surface area contributed by atoms with Crippen molar-refractivity contribution in [3.05, 3.63) is 0 Å². The van der Waals surface area contributed by atoms with Crippen LogP contribution >= 0.6 is 12.4 Å². The Morgan fingerprint density at radius 1 is 1.22 bits per heavy atom. The fourth-order valence-electron chi connectivity index (χ4n) is 0.953.